The molecule has 3 N–H and O–H groups in total. The molecule has 6 nitrogen and oxygen atoms in total. The number of aromatic carboxylic acids is 1. The number of carboxylic acids is 1. The van der Waals surface area contributed by atoms with Gasteiger partial charge in [0.25, 0.3) is 0 Å². The second kappa shape index (κ2) is 6.40. The van der Waals surface area contributed by atoms with Gasteiger partial charge in [-0.2, -0.15) is 0 Å². The molecule has 0 saturated carbocycles. The number of carboxylic acid groups (broad SMARTS) is 1. The number of amides is 2. The molecule has 0 aliphatic heterocycles. The maximum atomic E-state index is 11.8. The van der Waals surface area contributed by atoms with Crippen molar-refractivity contribution in [2.75, 3.05) is 19.0 Å². The summed E-state index contributed by atoms with van der Waals surface area (Å²) >= 11 is 5.79. The van der Waals surface area contributed by atoms with Gasteiger partial charge >= 0.3 is 12.0 Å². The number of aliphatic hydroxyl groups excluding tert-OH is 1. The Balaban J connectivity index is 2.81. The Kier molecular flexibility index (Phi) is 5.14. The van der Waals surface area contributed by atoms with Gasteiger partial charge in [-0.1, -0.05) is 11.6 Å². The van der Waals surface area contributed by atoms with Crippen LogP contribution in [0.15, 0.2) is 18.2 Å². The lowest BCUT2D eigenvalue weighted by molar-refractivity contribution is 0.0697. The van der Waals surface area contributed by atoms with Crippen molar-refractivity contribution in [3.63, 3.8) is 0 Å². The minimum Gasteiger partial charge on any atom is -0.478 e. The summed E-state index contributed by atoms with van der Waals surface area (Å²) in [5, 5.41) is 20.4. The lowest BCUT2D eigenvalue weighted by atomic mass is 10.2. The molecule has 0 aliphatic carbocycles. The third-order valence-electron chi connectivity index (χ3n) is 2.70. The lowest BCUT2D eigenvalue weighted by Gasteiger charge is -2.23. The molecule has 1 rings (SSSR count). The lowest BCUT2D eigenvalue weighted by Crippen LogP contribution is -2.40. The first kappa shape index (κ1) is 15.3. The molecule has 0 heterocycles. The molecular formula is C12H15ClN2O4. The van der Waals surface area contributed by atoms with Crippen LogP contribution in [0.1, 0.15) is 17.3 Å². The van der Waals surface area contributed by atoms with Crippen molar-refractivity contribution in [2.45, 2.75) is 13.0 Å². The number of urea groups is 1. The van der Waals surface area contributed by atoms with Crippen molar-refractivity contribution in [2.24, 2.45) is 0 Å². The summed E-state index contributed by atoms with van der Waals surface area (Å²) in [5.74, 6) is -1.13. The number of benzene rings is 1. The zero-order valence-electron chi connectivity index (χ0n) is 10.6. The van der Waals surface area contributed by atoms with E-state index in [1.807, 2.05) is 0 Å². The highest BCUT2D eigenvalue weighted by Crippen LogP contribution is 2.21. The van der Waals surface area contributed by atoms with Crippen molar-refractivity contribution < 1.29 is 19.8 Å². The van der Waals surface area contributed by atoms with E-state index in [9.17, 15) is 9.59 Å². The van der Waals surface area contributed by atoms with Gasteiger partial charge in [-0.25, -0.2) is 9.59 Å². The minimum atomic E-state index is -1.13. The summed E-state index contributed by atoms with van der Waals surface area (Å²) in [5.41, 5.74) is 0.355. The van der Waals surface area contributed by atoms with E-state index >= 15 is 0 Å². The molecule has 7 heteroatoms. The van der Waals surface area contributed by atoms with Crippen molar-refractivity contribution in [3.05, 3.63) is 28.8 Å². The molecule has 1 atom stereocenters. The van der Waals surface area contributed by atoms with E-state index in [0.717, 1.165) is 0 Å². The number of aliphatic hydroxyl groups is 1. The predicted octanol–water partition coefficient (Wildman–Crippen LogP) is 1.88. The van der Waals surface area contributed by atoms with Crippen LogP contribution < -0.4 is 5.32 Å². The smallest absolute Gasteiger partial charge is 0.337 e. The van der Waals surface area contributed by atoms with Crippen LogP contribution in [-0.2, 0) is 0 Å². The van der Waals surface area contributed by atoms with Crippen LogP contribution in [-0.4, -0.2) is 46.8 Å². The van der Waals surface area contributed by atoms with Gasteiger partial charge in [-0.15, -0.1) is 0 Å². The second-order valence-electron chi connectivity index (χ2n) is 4.07. The molecule has 1 aromatic rings. The Bertz CT molecular complexity index is 493. The minimum absolute atomic E-state index is 0.0308. The summed E-state index contributed by atoms with van der Waals surface area (Å²) in [6.45, 7) is 1.54. The fourth-order valence-electron chi connectivity index (χ4n) is 1.30. The van der Waals surface area contributed by atoms with E-state index in [4.69, 9.17) is 21.8 Å². The maximum Gasteiger partial charge on any atom is 0.337 e. The van der Waals surface area contributed by atoms with Crippen molar-refractivity contribution >= 4 is 29.3 Å². The molecule has 1 aromatic carbocycles. The van der Waals surface area contributed by atoms with Crippen LogP contribution >= 0.6 is 11.6 Å². The zero-order chi connectivity index (χ0) is 14.6. The topological polar surface area (TPSA) is 89.9 Å². The summed E-state index contributed by atoms with van der Waals surface area (Å²) < 4.78 is 0. The second-order valence-corrected chi connectivity index (χ2v) is 4.48. The Labute approximate surface area is 115 Å². The average Bonchev–Trinajstić information content (AvgIpc) is 2.36. The van der Waals surface area contributed by atoms with Gasteiger partial charge in [-0.05, 0) is 25.1 Å². The molecule has 0 aromatic heterocycles. The Morgan fingerprint density at radius 3 is 2.58 bits per heavy atom. The Morgan fingerprint density at radius 2 is 2.11 bits per heavy atom. The monoisotopic (exact) mass is 286 g/mol. The standard InChI is InChI=1S/C12H15ClN2O4/c1-7(6-16)15(2)12(19)14-8-3-4-9(11(17)18)10(13)5-8/h3-5,7,16H,6H2,1-2H3,(H,14,19)(H,17,18). The first-order valence-electron chi connectivity index (χ1n) is 5.54. The van der Waals surface area contributed by atoms with Crippen LogP contribution in [0.4, 0.5) is 10.5 Å². The molecule has 104 valence electrons. The molecule has 2 amide bonds. The SMILES string of the molecule is CC(CO)N(C)C(=O)Nc1ccc(C(=O)O)c(Cl)c1. The number of anilines is 1. The number of rotatable bonds is 4. The van der Waals surface area contributed by atoms with Gasteiger partial charge < -0.3 is 20.4 Å². The first-order chi connectivity index (χ1) is 8.86. The highest BCUT2D eigenvalue weighted by atomic mass is 35.5. The van der Waals surface area contributed by atoms with Crippen molar-refractivity contribution in [3.8, 4) is 0 Å². The summed E-state index contributed by atoms with van der Waals surface area (Å²) in [7, 11) is 1.55. The third-order valence-corrected chi connectivity index (χ3v) is 3.01. The van der Waals surface area contributed by atoms with Gasteiger partial charge in [-0.3, -0.25) is 0 Å². The Hall–Kier alpha value is -1.79. The van der Waals surface area contributed by atoms with Gasteiger partial charge in [0.1, 0.15) is 0 Å². The number of halogens is 1. The maximum absolute atomic E-state index is 11.8. The number of carbonyl (C=O) groups is 2. The molecule has 0 aliphatic rings. The van der Waals surface area contributed by atoms with E-state index in [-0.39, 0.29) is 23.2 Å². The zero-order valence-corrected chi connectivity index (χ0v) is 11.3. The molecule has 19 heavy (non-hydrogen) atoms. The quantitative estimate of drug-likeness (QED) is 0.788. The molecule has 0 saturated heterocycles. The normalized spacial score (nSPS) is 11.8. The molecule has 0 bridgehead atoms. The van der Waals surface area contributed by atoms with Gasteiger partial charge in [0.2, 0.25) is 0 Å². The van der Waals surface area contributed by atoms with Crippen LogP contribution in [0, 0.1) is 0 Å². The van der Waals surface area contributed by atoms with E-state index in [2.05, 4.69) is 5.32 Å². The number of nitrogens with zero attached hydrogens (tertiary/aromatic N) is 1. The van der Waals surface area contributed by atoms with E-state index in [0.29, 0.717) is 5.69 Å². The predicted molar refractivity (Wildman–Crippen MR) is 71.7 cm³/mol. The average molecular weight is 287 g/mol. The molecule has 1 unspecified atom stereocenters. The number of carbonyl (C=O) groups excluding carboxylic acids is 1. The largest absolute Gasteiger partial charge is 0.478 e. The number of hydrogen-bond donors (Lipinski definition) is 3. The first-order valence-corrected chi connectivity index (χ1v) is 5.92. The van der Waals surface area contributed by atoms with Crippen LogP contribution in [0.25, 0.3) is 0 Å². The van der Waals surface area contributed by atoms with Crippen molar-refractivity contribution in [1.29, 1.82) is 0 Å². The number of nitrogens with one attached hydrogen (secondary N) is 1. The number of likely N-dealkylation sites (N-methyl/N-ethyl adjacent to an activating group) is 1. The van der Waals surface area contributed by atoms with E-state index in [1.54, 1.807) is 14.0 Å². The summed E-state index contributed by atoms with van der Waals surface area (Å²) in [6, 6.07) is 3.38. The third kappa shape index (κ3) is 3.84. The fraction of sp³-hybridized carbons (Fsp3) is 0.333. The van der Waals surface area contributed by atoms with Gasteiger partial charge in [0, 0.05) is 12.7 Å². The van der Waals surface area contributed by atoms with E-state index < -0.39 is 12.0 Å². The number of hydrogen-bond acceptors (Lipinski definition) is 3. The Morgan fingerprint density at radius 1 is 1.47 bits per heavy atom. The van der Waals surface area contributed by atoms with E-state index in [1.165, 1.54) is 23.1 Å². The van der Waals surface area contributed by atoms with Crippen LogP contribution in [0.5, 0.6) is 0 Å². The molecular weight excluding hydrogens is 272 g/mol. The van der Waals surface area contributed by atoms with Crippen molar-refractivity contribution in [1.82, 2.24) is 4.90 Å². The summed E-state index contributed by atoms with van der Waals surface area (Å²) in [4.78, 5) is 23.9. The van der Waals surface area contributed by atoms with Crippen LogP contribution in [0.2, 0.25) is 5.02 Å². The highest BCUT2D eigenvalue weighted by Gasteiger charge is 2.16. The molecule has 0 spiro atoms. The van der Waals surface area contributed by atoms with Gasteiger partial charge in [0.15, 0.2) is 0 Å². The van der Waals surface area contributed by atoms with Gasteiger partial charge in [0.05, 0.1) is 23.2 Å². The highest BCUT2D eigenvalue weighted by molar-refractivity contribution is 6.33. The summed E-state index contributed by atoms with van der Waals surface area (Å²) in [6.07, 6.45) is 0. The molecule has 0 radical (unpaired) electrons. The molecule has 0 fully saturated rings. The van der Waals surface area contributed by atoms with Crippen LogP contribution in [0.3, 0.4) is 0 Å². The fourth-order valence-corrected chi connectivity index (χ4v) is 1.56.